The highest BCUT2D eigenvalue weighted by Gasteiger charge is 2.36. The summed E-state index contributed by atoms with van der Waals surface area (Å²) in [7, 11) is 0. The molecule has 3 rings (SSSR count). The Bertz CT molecular complexity index is 499. The van der Waals surface area contributed by atoms with Crippen LogP contribution in [-0.2, 0) is 9.59 Å². The van der Waals surface area contributed by atoms with Crippen LogP contribution in [0.1, 0.15) is 29.6 Å². The number of nitrogens with zero attached hydrogens (tertiary/aromatic N) is 1. The molecule has 1 saturated heterocycles. The smallest absolute Gasteiger partial charge is 0.240 e. The van der Waals surface area contributed by atoms with Gasteiger partial charge in [-0.25, -0.2) is 0 Å². The van der Waals surface area contributed by atoms with E-state index in [0.29, 0.717) is 0 Å². The van der Waals surface area contributed by atoms with Gasteiger partial charge in [0, 0.05) is 12.1 Å². The van der Waals surface area contributed by atoms with Crippen molar-refractivity contribution < 1.29 is 9.59 Å². The minimum absolute atomic E-state index is 0.00807. The van der Waals surface area contributed by atoms with E-state index in [0.717, 1.165) is 17.5 Å². The highest BCUT2D eigenvalue weighted by Crippen LogP contribution is 2.40. The molecule has 0 bridgehead atoms. The van der Waals surface area contributed by atoms with Gasteiger partial charge in [-0.15, -0.1) is 0 Å². The number of nitrogens with one attached hydrogen (secondary N) is 1. The lowest BCUT2D eigenvalue weighted by molar-refractivity contribution is -0.137. The van der Waals surface area contributed by atoms with E-state index in [1.807, 2.05) is 29.2 Å². The Balaban J connectivity index is 1.90. The summed E-state index contributed by atoms with van der Waals surface area (Å²) in [5, 5.41) is 2.32. The Hall–Kier alpha value is -1.72. The van der Waals surface area contributed by atoms with E-state index in [1.165, 1.54) is 0 Å². The van der Waals surface area contributed by atoms with Crippen molar-refractivity contribution in [3.8, 4) is 0 Å². The molecule has 1 aromatic carbocycles. The van der Waals surface area contributed by atoms with E-state index >= 15 is 0 Å². The van der Waals surface area contributed by atoms with E-state index < -0.39 is 0 Å². The normalized spacial score (nSPS) is 28.1. The standard InChI is InChI=1S/C13H15N3O2/c14-10-5-11(9-4-2-1-3-8(9)10)16-6-12(17)15-13(18)7-16/h1-4,10-11H,5-7,14H2,(H,15,17,18). The van der Waals surface area contributed by atoms with Crippen molar-refractivity contribution >= 4 is 11.8 Å². The molecule has 0 saturated carbocycles. The molecule has 2 amide bonds. The van der Waals surface area contributed by atoms with Gasteiger partial charge in [-0.3, -0.25) is 19.8 Å². The average molecular weight is 245 g/mol. The maximum absolute atomic E-state index is 11.4. The van der Waals surface area contributed by atoms with Crippen LogP contribution in [0.15, 0.2) is 24.3 Å². The van der Waals surface area contributed by atoms with Gasteiger partial charge < -0.3 is 5.73 Å². The van der Waals surface area contributed by atoms with Crippen LogP contribution in [0.25, 0.3) is 0 Å². The zero-order valence-corrected chi connectivity index (χ0v) is 9.93. The van der Waals surface area contributed by atoms with E-state index in [9.17, 15) is 9.59 Å². The number of benzene rings is 1. The summed E-state index contributed by atoms with van der Waals surface area (Å²) >= 11 is 0. The highest BCUT2D eigenvalue weighted by molar-refractivity contribution is 5.99. The molecule has 1 aromatic rings. The topological polar surface area (TPSA) is 75.4 Å². The van der Waals surface area contributed by atoms with Gasteiger partial charge in [0.1, 0.15) is 0 Å². The third-order valence-electron chi connectivity index (χ3n) is 3.64. The van der Waals surface area contributed by atoms with Gasteiger partial charge >= 0.3 is 0 Å². The summed E-state index contributed by atoms with van der Waals surface area (Å²) in [5.74, 6) is -0.464. The van der Waals surface area contributed by atoms with Crippen molar-refractivity contribution in [3.05, 3.63) is 35.4 Å². The first-order chi connectivity index (χ1) is 8.65. The fourth-order valence-electron chi connectivity index (χ4n) is 2.87. The van der Waals surface area contributed by atoms with E-state index in [1.54, 1.807) is 0 Å². The number of hydrogen-bond donors (Lipinski definition) is 2. The molecule has 1 aliphatic heterocycles. The summed E-state index contributed by atoms with van der Waals surface area (Å²) in [6.45, 7) is 0.523. The van der Waals surface area contributed by atoms with Gasteiger partial charge in [0.05, 0.1) is 13.1 Å². The third-order valence-corrected chi connectivity index (χ3v) is 3.64. The maximum atomic E-state index is 11.4. The van der Waals surface area contributed by atoms with Gasteiger partial charge in [-0.2, -0.15) is 0 Å². The Morgan fingerprint density at radius 2 is 1.72 bits per heavy atom. The zero-order chi connectivity index (χ0) is 12.7. The second kappa shape index (κ2) is 4.19. The number of amides is 2. The monoisotopic (exact) mass is 245 g/mol. The molecular formula is C13H15N3O2. The molecule has 2 atom stereocenters. The minimum atomic E-state index is -0.232. The van der Waals surface area contributed by atoms with Crippen molar-refractivity contribution in [3.63, 3.8) is 0 Å². The van der Waals surface area contributed by atoms with Gasteiger partial charge in [0.25, 0.3) is 0 Å². The predicted molar refractivity (Wildman–Crippen MR) is 65.5 cm³/mol. The van der Waals surface area contributed by atoms with Crippen LogP contribution >= 0.6 is 0 Å². The van der Waals surface area contributed by atoms with Gasteiger partial charge in [0.2, 0.25) is 11.8 Å². The zero-order valence-electron chi connectivity index (χ0n) is 9.93. The molecule has 5 heteroatoms. The number of piperazine rings is 1. The number of fused-ring (bicyclic) bond motifs is 1. The molecule has 0 radical (unpaired) electrons. The number of carbonyl (C=O) groups is 2. The quantitative estimate of drug-likeness (QED) is 0.688. The molecule has 18 heavy (non-hydrogen) atoms. The molecule has 0 aromatic heterocycles. The van der Waals surface area contributed by atoms with Crippen molar-refractivity contribution in [2.45, 2.75) is 18.5 Å². The highest BCUT2D eigenvalue weighted by atomic mass is 16.2. The molecule has 94 valence electrons. The largest absolute Gasteiger partial charge is 0.324 e. The van der Waals surface area contributed by atoms with Crippen LogP contribution < -0.4 is 11.1 Å². The Kier molecular flexibility index (Phi) is 2.65. The minimum Gasteiger partial charge on any atom is -0.324 e. The molecule has 1 fully saturated rings. The summed E-state index contributed by atoms with van der Waals surface area (Å²) in [6.07, 6.45) is 0.764. The summed E-state index contributed by atoms with van der Waals surface area (Å²) < 4.78 is 0. The number of hydrogen-bond acceptors (Lipinski definition) is 4. The molecule has 2 aliphatic rings. The van der Waals surface area contributed by atoms with Crippen molar-refractivity contribution in [1.29, 1.82) is 0 Å². The molecule has 3 N–H and O–H groups in total. The molecule has 5 nitrogen and oxygen atoms in total. The molecule has 2 unspecified atom stereocenters. The number of rotatable bonds is 1. The predicted octanol–water partition coefficient (Wildman–Crippen LogP) is 0.0896. The van der Waals surface area contributed by atoms with E-state index in [2.05, 4.69) is 5.32 Å². The second-order valence-corrected chi connectivity index (χ2v) is 4.86. The van der Waals surface area contributed by atoms with Crippen molar-refractivity contribution in [2.75, 3.05) is 13.1 Å². The fraction of sp³-hybridized carbons (Fsp3) is 0.385. The Labute approximate surface area is 105 Å². The Morgan fingerprint density at radius 1 is 1.11 bits per heavy atom. The first-order valence-corrected chi connectivity index (χ1v) is 6.06. The third kappa shape index (κ3) is 1.81. The SMILES string of the molecule is NC1CC(N2CC(=O)NC(=O)C2)c2ccccc21. The summed E-state index contributed by atoms with van der Waals surface area (Å²) in [6, 6.07) is 8.05. The first kappa shape index (κ1) is 11.4. The second-order valence-electron chi connectivity index (χ2n) is 4.86. The van der Waals surface area contributed by atoms with Crippen molar-refractivity contribution in [1.82, 2.24) is 10.2 Å². The molecule has 1 heterocycles. The fourth-order valence-corrected chi connectivity index (χ4v) is 2.87. The van der Waals surface area contributed by atoms with Crippen LogP contribution in [0, 0.1) is 0 Å². The van der Waals surface area contributed by atoms with Crippen LogP contribution in [0.4, 0.5) is 0 Å². The van der Waals surface area contributed by atoms with Gasteiger partial charge in [-0.1, -0.05) is 24.3 Å². The molecule has 1 aliphatic carbocycles. The van der Waals surface area contributed by atoms with Crippen LogP contribution in [0.5, 0.6) is 0 Å². The number of carbonyl (C=O) groups excluding carboxylic acids is 2. The van der Waals surface area contributed by atoms with Crippen LogP contribution in [0.3, 0.4) is 0 Å². The first-order valence-electron chi connectivity index (χ1n) is 6.06. The van der Waals surface area contributed by atoms with Crippen molar-refractivity contribution in [2.24, 2.45) is 5.73 Å². The average Bonchev–Trinajstić information content (AvgIpc) is 2.66. The lowest BCUT2D eigenvalue weighted by Gasteiger charge is -2.31. The molecular weight excluding hydrogens is 230 g/mol. The Morgan fingerprint density at radius 3 is 2.39 bits per heavy atom. The van der Waals surface area contributed by atoms with Gasteiger partial charge in [0.15, 0.2) is 0 Å². The number of imide groups is 1. The maximum Gasteiger partial charge on any atom is 0.240 e. The lowest BCUT2D eigenvalue weighted by Crippen LogP contribution is -2.52. The van der Waals surface area contributed by atoms with Gasteiger partial charge in [-0.05, 0) is 17.5 Å². The van der Waals surface area contributed by atoms with Crippen LogP contribution in [0.2, 0.25) is 0 Å². The van der Waals surface area contributed by atoms with Crippen LogP contribution in [-0.4, -0.2) is 29.8 Å². The van der Waals surface area contributed by atoms with E-state index in [-0.39, 0.29) is 37.0 Å². The molecule has 0 spiro atoms. The number of nitrogens with two attached hydrogens (primary N) is 1. The summed E-state index contributed by atoms with van der Waals surface area (Å²) in [4.78, 5) is 24.8. The van der Waals surface area contributed by atoms with E-state index in [4.69, 9.17) is 5.73 Å². The summed E-state index contributed by atoms with van der Waals surface area (Å²) in [5.41, 5.74) is 8.37. The lowest BCUT2D eigenvalue weighted by atomic mass is 10.1.